The summed E-state index contributed by atoms with van der Waals surface area (Å²) in [4.78, 5) is 19.5. The Labute approximate surface area is 113 Å². The van der Waals surface area contributed by atoms with Crippen LogP contribution >= 0.6 is 0 Å². The molecule has 0 atom stereocenters. The number of aryl methyl sites for hydroxylation is 1. The highest BCUT2D eigenvalue weighted by atomic mass is 19.2. The predicted molar refractivity (Wildman–Crippen MR) is 67.6 cm³/mol. The smallest absolute Gasteiger partial charge is 0.275 e. The molecule has 104 valence electrons. The van der Waals surface area contributed by atoms with Gasteiger partial charge in [-0.2, -0.15) is 0 Å². The predicted octanol–water partition coefficient (Wildman–Crippen LogP) is 2.32. The van der Waals surface area contributed by atoms with E-state index < -0.39 is 17.5 Å². The van der Waals surface area contributed by atoms with Gasteiger partial charge < -0.3 is 10.1 Å². The second-order valence-corrected chi connectivity index (χ2v) is 3.99. The van der Waals surface area contributed by atoms with Crippen LogP contribution in [-0.4, -0.2) is 23.0 Å². The van der Waals surface area contributed by atoms with Crippen LogP contribution in [0.5, 0.6) is 5.88 Å². The van der Waals surface area contributed by atoms with Crippen LogP contribution in [0.1, 0.15) is 16.1 Å². The molecule has 2 aromatic rings. The molecule has 0 aliphatic rings. The van der Waals surface area contributed by atoms with Crippen LogP contribution in [0.3, 0.4) is 0 Å². The number of rotatable bonds is 3. The topological polar surface area (TPSA) is 64.1 Å². The van der Waals surface area contributed by atoms with E-state index in [9.17, 15) is 13.6 Å². The second kappa shape index (κ2) is 5.60. The zero-order chi connectivity index (χ0) is 14.7. The number of nitrogens with one attached hydrogen (secondary N) is 1. The van der Waals surface area contributed by atoms with Crippen molar-refractivity contribution in [3.63, 3.8) is 0 Å². The van der Waals surface area contributed by atoms with E-state index in [1.165, 1.54) is 32.5 Å². The molecular weight excluding hydrogens is 268 g/mol. The summed E-state index contributed by atoms with van der Waals surface area (Å²) in [6, 6.07) is 2.23. The molecule has 0 saturated heterocycles. The van der Waals surface area contributed by atoms with Crippen LogP contribution in [0, 0.1) is 18.6 Å². The van der Waals surface area contributed by atoms with Crippen molar-refractivity contribution < 1.29 is 18.3 Å². The van der Waals surface area contributed by atoms with Crippen LogP contribution in [0.2, 0.25) is 0 Å². The van der Waals surface area contributed by atoms with Crippen molar-refractivity contribution in [1.82, 2.24) is 9.97 Å². The van der Waals surface area contributed by atoms with E-state index in [1.807, 2.05) is 0 Å². The molecule has 1 N–H and O–H groups in total. The highest BCUT2D eigenvalue weighted by Crippen LogP contribution is 2.18. The molecular formula is C13H11F2N3O2. The Balaban J connectivity index is 2.18. The number of nitrogens with zero attached hydrogens (tertiary/aromatic N) is 2. The normalized spacial score (nSPS) is 10.2. The van der Waals surface area contributed by atoms with Crippen LogP contribution < -0.4 is 10.1 Å². The standard InChI is InChI=1S/C13H11F2N3O2/c1-7-3-8(4-9(14)12(7)15)18-13(19)10-5-17-11(20-2)6-16-10/h3-6H,1-2H3,(H,18,19). The van der Waals surface area contributed by atoms with Gasteiger partial charge in [0, 0.05) is 11.8 Å². The first-order chi connectivity index (χ1) is 9.51. The monoisotopic (exact) mass is 279 g/mol. The van der Waals surface area contributed by atoms with Crippen molar-refractivity contribution in [2.24, 2.45) is 0 Å². The van der Waals surface area contributed by atoms with E-state index in [1.54, 1.807) is 0 Å². The summed E-state index contributed by atoms with van der Waals surface area (Å²) in [6.07, 6.45) is 2.51. The Bertz CT molecular complexity index is 622. The number of aromatic nitrogens is 2. The van der Waals surface area contributed by atoms with Crippen LogP contribution in [-0.2, 0) is 0 Å². The van der Waals surface area contributed by atoms with Gasteiger partial charge in [0.15, 0.2) is 11.6 Å². The van der Waals surface area contributed by atoms with Crippen LogP contribution in [0.15, 0.2) is 24.5 Å². The number of carbonyl (C=O) groups excluding carboxylic acids is 1. The van der Waals surface area contributed by atoms with Crippen molar-refractivity contribution in [1.29, 1.82) is 0 Å². The van der Waals surface area contributed by atoms with E-state index >= 15 is 0 Å². The molecule has 1 aromatic heterocycles. The first-order valence-electron chi connectivity index (χ1n) is 5.64. The van der Waals surface area contributed by atoms with Crippen molar-refractivity contribution in [3.8, 4) is 5.88 Å². The lowest BCUT2D eigenvalue weighted by atomic mass is 10.2. The molecule has 0 unspecified atom stereocenters. The molecule has 1 amide bonds. The van der Waals surface area contributed by atoms with Gasteiger partial charge in [-0.25, -0.2) is 18.7 Å². The fourth-order valence-electron chi connectivity index (χ4n) is 1.53. The largest absolute Gasteiger partial charge is 0.480 e. The van der Waals surface area contributed by atoms with Gasteiger partial charge in [-0.3, -0.25) is 4.79 Å². The van der Waals surface area contributed by atoms with Crippen molar-refractivity contribution >= 4 is 11.6 Å². The van der Waals surface area contributed by atoms with Gasteiger partial charge >= 0.3 is 0 Å². The molecule has 2 rings (SSSR count). The first kappa shape index (κ1) is 13.9. The number of halogens is 2. The molecule has 0 bridgehead atoms. The quantitative estimate of drug-likeness (QED) is 0.936. The average Bonchev–Trinajstić information content (AvgIpc) is 2.44. The average molecular weight is 279 g/mol. The summed E-state index contributed by atoms with van der Waals surface area (Å²) in [6.45, 7) is 1.40. The molecule has 0 fully saturated rings. The molecule has 0 spiro atoms. The van der Waals surface area contributed by atoms with Gasteiger partial charge in [0.1, 0.15) is 5.69 Å². The Morgan fingerprint density at radius 1 is 1.25 bits per heavy atom. The zero-order valence-corrected chi connectivity index (χ0v) is 10.8. The van der Waals surface area contributed by atoms with Gasteiger partial charge in [0.05, 0.1) is 19.5 Å². The summed E-state index contributed by atoms with van der Waals surface area (Å²) in [5.74, 6) is -2.27. The molecule has 0 aliphatic heterocycles. The number of methoxy groups -OCH3 is 1. The van der Waals surface area contributed by atoms with E-state index in [-0.39, 0.29) is 22.8 Å². The first-order valence-corrected chi connectivity index (χ1v) is 5.64. The van der Waals surface area contributed by atoms with Gasteiger partial charge in [0.2, 0.25) is 5.88 Å². The number of hydrogen-bond donors (Lipinski definition) is 1. The Morgan fingerprint density at radius 2 is 2.00 bits per heavy atom. The minimum absolute atomic E-state index is 0.0354. The maximum absolute atomic E-state index is 13.2. The van der Waals surface area contributed by atoms with E-state index in [0.29, 0.717) is 0 Å². The fourth-order valence-corrected chi connectivity index (χ4v) is 1.53. The third kappa shape index (κ3) is 2.87. The lowest BCUT2D eigenvalue weighted by Gasteiger charge is -2.07. The third-order valence-electron chi connectivity index (χ3n) is 2.54. The minimum Gasteiger partial charge on any atom is -0.480 e. The molecule has 1 heterocycles. The third-order valence-corrected chi connectivity index (χ3v) is 2.54. The Morgan fingerprint density at radius 3 is 2.55 bits per heavy atom. The molecule has 0 saturated carbocycles. The number of benzene rings is 1. The number of amides is 1. The van der Waals surface area contributed by atoms with Gasteiger partial charge in [-0.1, -0.05) is 0 Å². The van der Waals surface area contributed by atoms with Crippen LogP contribution in [0.25, 0.3) is 0 Å². The number of hydrogen-bond acceptors (Lipinski definition) is 4. The van der Waals surface area contributed by atoms with Gasteiger partial charge in [0.25, 0.3) is 5.91 Å². The van der Waals surface area contributed by atoms with Crippen molar-refractivity contribution in [2.75, 3.05) is 12.4 Å². The Hall–Kier alpha value is -2.57. The fraction of sp³-hybridized carbons (Fsp3) is 0.154. The lowest BCUT2D eigenvalue weighted by molar-refractivity contribution is 0.102. The van der Waals surface area contributed by atoms with E-state index in [2.05, 4.69) is 15.3 Å². The number of anilines is 1. The summed E-state index contributed by atoms with van der Waals surface area (Å²) in [7, 11) is 1.42. The SMILES string of the molecule is COc1cnc(C(=O)Nc2cc(C)c(F)c(F)c2)cn1. The summed E-state index contributed by atoms with van der Waals surface area (Å²) in [5.41, 5.74) is 0.276. The molecule has 0 aliphatic carbocycles. The number of ether oxygens (including phenoxy) is 1. The van der Waals surface area contributed by atoms with Crippen LogP contribution in [0.4, 0.5) is 14.5 Å². The number of carbonyl (C=O) groups is 1. The maximum atomic E-state index is 13.2. The molecule has 1 aromatic carbocycles. The lowest BCUT2D eigenvalue weighted by Crippen LogP contribution is -2.14. The Kier molecular flexibility index (Phi) is 3.88. The molecule has 5 nitrogen and oxygen atoms in total. The highest BCUT2D eigenvalue weighted by molar-refractivity contribution is 6.02. The summed E-state index contributed by atoms with van der Waals surface area (Å²) < 4.78 is 31.2. The van der Waals surface area contributed by atoms with Crippen molar-refractivity contribution in [2.45, 2.75) is 6.92 Å². The van der Waals surface area contributed by atoms with E-state index in [4.69, 9.17) is 4.74 Å². The zero-order valence-electron chi connectivity index (χ0n) is 10.8. The summed E-state index contributed by atoms with van der Waals surface area (Å²) >= 11 is 0. The van der Waals surface area contributed by atoms with Gasteiger partial charge in [-0.05, 0) is 18.6 Å². The molecule has 20 heavy (non-hydrogen) atoms. The molecule has 0 radical (unpaired) electrons. The summed E-state index contributed by atoms with van der Waals surface area (Å²) in [5, 5.41) is 2.42. The molecule has 7 heteroatoms. The maximum Gasteiger partial charge on any atom is 0.275 e. The van der Waals surface area contributed by atoms with Crippen molar-refractivity contribution in [3.05, 3.63) is 47.4 Å². The van der Waals surface area contributed by atoms with Gasteiger partial charge in [-0.15, -0.1) is 0 Å². The second-order valence-electron chi connectivity index (χ2n) is 3.99. The van der Waals surface area contributed by atoms with E-state index in [0.717, 1.165) is 6.07 Å². The minimum atomic E-state index is -1.03. The highest BCUT2D eigenvalue weighted by Gasteiger charge is 2.12.